The lowest BCUT2D eigenvalue weighted by atomic mass is 10.0. The largest absolute Gasteiger partial charge is 0.383 e. The Morgan fingerprint density at radius 2 is 2.10 bits per heavy atom. The highest BCUT2D eigenvalue weighted by Crippen LogP contribution is 2.48. The number of pyridine rings is 3. The van der Waals surface area contributed by atoms with Crippen molar-refractivity contribution in [3.63, 3.8) is 0 Å². The Bertz CT molecular complexity index is 1100. The van der Waals surface area contributed by atoms with Crippen LogP contribution in [0.15, 0.2) is 36.8 Å². The maximum absolute atomic E-state index is 12.6. The molecule has 0 saturated heterocycles. The number of nitrogens with zero attached hydrogens (tertiary/aromatic N) is 3. The molecule has 3 aromatic rings. The third-order valence-corrected chi connectivity index (χ3v) is 5.86. The van der Waals surface area contributed by atoms with Gasteiger partial charge in [0, 0.05) is 42.6 Å². The molecule has 7 nitrogen and oxygen atoms in total. The Kier molecular flexibility index (Phi) is 4.70. The topological polar surface area (TPSA) is 103 Å². The van der Waals surface area contributed by atoms with Crippen molar-refractivity contribution in [1.82, 2.24) is 15.0 Å². The van der Waals surface area contributed by atoms with Gasteiger partial charge < -0.3 is 15.8 Å². The molecule has 1 unspecified atom stereocenters. The van der Waals surface area contributed by atoms with Gasteiger partial charge in [-0.1, -0.05) is 0 Å². The lowest BCUT2D eigenvalue weighted by Gasteiger charge is -2.22. The number of rotatable bonds is 5. The van der Waals surface area contributed by atoms with Crippen LogP contribution in [0.1, 0.15) is 25.8 Å². The fourth-order valence-electron chi connectivity index (χ4n) is 3.74. The van der Waals surface area contributed by atoms with E-state index in [4.69, 9.17) is 10.5 Å². The quantitative estimate of drug-likeness (QED) is 0.689. The van der Waals surface area contributed by atoms with Crippen LogP contribution in [0.2, 0.25) is 0 Å². The van der Waals surface area contributed by atoms with Crippen LogP contribution < -0.4 is 11.1 Å². The molecule has 3 N–H and O–H groups in total. The van der Waals surface area contributed by atoms with Crippen LogP contribution >= 0.6 is 0 Å². The van der Waals surface area contributed by atoms with Crippen LogP contribution in [0.3, 0.4) is 0 Å². The summed E-state index contributed by atoms with van der Waals surface area (Å²) in [6, 6.07) is 5.71. The molecular formula is C22H25N5O2. The highest BCUT2D eigenvalue weighted by molar-refractivity contribution is 5.98. The summed E-state index contributed by atoms with van der Waals surface area (Å²) >= 11 is 0. The number of amides is 1. The first kappa shape index (κ1) is 19.3. The first-order valence-electron chi connectivity index (χ1n) is 9.63. The Labute approximate surface area is 169 Å². The molecule has 1 saturated carbocycles. The van der Waals surface area contributed by atoms with Crippen molar-refractivity contribution in [3.05, 3.63) is 42.4 Å². The summed E-state index contributed by atoms with van der Waals surface area (Å²) < 4.78 is 5.51. The van der Waals surface area contributed by atoms with Crippen molar-refractivity contribution in [2.45, 2.75) is 32.8 Å². The van der Waals surface area contributed by atoms with Crippen molar-refractivity contribution in [3.8, 4) is 11.3 Å². The van der Waals surface area contributed by atoms with Gasteiger partial charge in [0.05, 0.1) is 11.3 Å². The molecule has 1 aliphatic carbocycles. The first-order chi connectivity index (χ1) is 13.8. The number of carbonyl (C=O) groups is 1. The predicted molar refractivity (Wildman–Crippen MR) is 113 cm³/mol. The summed E-state index contributed by atoms with van der Waals surface area (Å²) in [5, 5.41) is 4.55. The molecule has 1 amide bonds. The summed E-state index contributed by atoms with van der Waals surface area (Å²) in [4.78, 5) is 25.7. The zero-order valence-electron chi connectivity index (χ0n) is 17.1. The standard InChI is InChI=1S/C22H25N5O2/c1-12-5-6-24-10-15(12)18-7-13-8-19(25-11-16(13)20(23)26-18)27-21(28)14-9-17(14)22(2,3)29-4/h5-8,10-11,14,17H,9H2,1-4H3,(H2,23,26)(H,25,27,28)/t14-,17?/m1/s1. The van der Waals surface area contributed by atoms with Gasteiger partial charge in [0.15, 0.2) is 0 Å². The summed E-state index contributed by atoms with van der Waals surface area (Å²) in [5.74, 6) is 1.03. The van der Waals surface area contributed by atoms with E-state index in [2.05, 4.69) is 20.3 Å². The Balaban J connectivity index is 1.61. The zero-order chi connectivity index (χ0) is 20.8. The number of nitrogen functional groups attached to an aromatic ring is 1. The number of hydrogen-bond donors (Lipinski definition) is 2. The molecule has 0 aromatic carbocycles. The maximum Gasteiger partial charge on any atom is 0.229 e. The third kappa shape index (κ3) is 3.65. The molecule has 0 radical (unpaired) electrons. The second-order valence-corrected chi connectivity index (χ2v) is 8.12. The molecule has 0 bridgehead atoms. The monoisotopic (exact) mass is 391 g/mol. The normalized spacial score (nSPS) is 18.6. The number of ether oxygens (including phenoxy) is 1. The van der Waals surface area contributed by atoms with Gasteiger partial charge in [0.1, 0.15) is 11.6 Å². The SMILES string of the molecule is COC(C)(C)C1C[C@H]1C(=O)Nc1cc2cc(-c3cnccc3C)nc(N)c2cn1. The lowest BCUT2D eigenvalue weighted by Crippen LogP contribution is -2.28. The Hall–Kier alpha value is -3.06. The van der Waals surface area contributed by atoms with Gasteiger partial charge in [-0.25, -0.2) is 9.97 Å². The highest BCUT2D eigenvalue weighted by atomic mass is 16.5. The number of aryl methyl sites for hydroxylation is 1. The molecule has 0 aliphatic heterocycles. The second kappa shape index (κ2) is 7.08. The van der Waals surface area contributed by atoms with E-state index in [0.717, 1.165) is 34.0 Å². The van der Waals surface area contributed by atoms with Gasteiger partial charge in [0.2, 0.25) is 5.91 Å². The molecule has 2 atom stereocenters. The predicted octanol–water partition coefficient (Wildman–Crippen LogP) is 3.58. The van der Waals surface area contributed by atoms with Crippen molar-refractivity contribution in [2.75, 3.05) is 18.2 Å². The third-order valence-electron chi connectivity index (χ3n) is 5.86. The summed E-state index contributed by atoms with van der Waals surface area (Å²) in [5.41, 5.74) is 8.58. The van der Waals surface area contributed by atoms with Gasteiger partial charge in [-0.15, -0.1) is 0 Å². The van der Waals surface area contributed by atoms with E-state index in [0.29, 0.717) is 11.6 Å². The van der Waals surface area contributed by atoms with E-state index in [1.807, 2.05) is 39.0 Å². The van der Waals surface area contributed by atoms with E-state index in [9.17, 15) is 4.79 Å². The van der Waals surface area contributed by atoms with Crippen LogP contribution in [0.5, 0.6) is 0 Å². The van der Waals surface area contributed by atoms with Crippen LogP contribution in [0, 0.1) is 18.8 Å². The Morgan fingerprint density at radius 1 is 1.31 bits per heavy atom. The minimum Gasteiger partial charge on any atom is -0.383 e. The van der Waals surface area contributed by atoms with Gasteiger partial charge in [-0.05, 0) is 62.3 Å². The van der Waals surface area contributed by atoms with Crippen LogP contribution in [0.25, 0.3) is 22.0 Å². The second-order valence-electron chi connectivity index (χ2n) is 8.12. The van der Waals surface area contributed by atoms with Crippen LogP contribution in [-0.2, 0) is 9.53 Å². The van der Waals surface area contributed by atoms with Gasteiger partial charge in [0.25, 0.3) is 0 Å². The number of nitrogens with one attached hydrogen (secondary N) is 1. The average Bonchev–Trinajstić information content (AvgIpc) is 3.50. The number of nitrogens with two attached hydrogens (primary N) is 1. The molecule has 7 heteroatoms. The van der Waals surface area contributed by atoms with Crippen molar-refractivity contribution >= 4 is 28.3 Å². The van der Waals surface area contributed by atoms with E-state index >= 15 is 0 Å². The van der Waals surface area contributed by atoms with E-state index in [1.165, 1.54) is 0 Å². The molecule has 3 heterocycles. The lowest BCUT2D eigenvalue weighted by molar-refractivity contribution is -0.118. The maximum atomic E-state index is 12.6. The van der Waals surface area contributed by atoms with Crippen molar-refractivity contribution < 1.29 is 9.53 Å². The fraction of sp³-hybridized carbons (Fsp3) is 0.364. The molecule has 150 valence electrons. The molecule has 3 aromatic heterocycles. The minimum absolute atomic E-state index is 0.0302. The molecule has 1 aliphatic rings. The molecular weight excluding hydrogens is 366 g/mol. The van der Waals surface area contributed by atoms with Gasteiger partial charge in [-0.3, -0.25) is 9.78 Å². The molecule has 29 heavy (non-hydrogen) atoms. The van der Waals surface area contributed by atoms with E-state index in [1.54, 1.807) is 25.7 Å². The number of hydrogen-bond acceptors (Lipinski definition) is 6. The number of carbonyl (C=O) groups excluding carboxylic acids is 1. The fourth-order valence-corrected chi connectivity index (χ4v) is 3.74. The minimum atomic E-state index is -0.310. The molecule has 1 fully saturated rings. The van der Waals surface area contributed by atoms with Crippen LogP contribution in [-0.4, -0.2) is 33.6 Å². The van der Waals surface area contributed by atoms with Crippen LogP contribution in [0.4, 0.5) is 11.6 Å². The van der Waals surface area contributed by atoms with Crippen molar-refractivity contribution in [1.29, 1.82) is 0 Å². The van der Waals surface area contributed by atoms with Gasteiger partial charge >= 0.3 is 0 Å². The number of anilines is 2. The summed E-state index contributed by atoms with van der Waals surface area (Å²) in [6.45, 7) is 6.03. The van der Waals surface area contributed by atoms with E-state index < -0.39 is 0 Å². The first-order valence-corrected chi connectivity index (χ1v) is 9.63. The van der Waals surface area contributed by atoms with E-state index in [-0.39, 0.29) is 23.3 Å². The zero-order valence-corrected chi connectivity index (χ0v) is 17.1. The Morgan fingerprint density at radius 3 is 2.83 bits per heavy atom. The highest BCUT2D eigenvalue weighted by Gasteiger charge is 2.52. The summed E-state index contributed by atoms with van der Waals surface area (Å²) in [7, 11) is 1.68. The number of fused-ring (bicyclic) bond motifs is 1. The number of methoxy groups -OCH3 is 1. The van der Waals surface area contributed by atoms with Crippen molar-refractivity contribution in [2.24, 2.45) is 11.8 Å². The smallest absolute Gasteiger partial charge is 0.229 e. The summed E-state index contributed by atoms with van der Waals surface area (Å²) in [6.07, 6.45) is 5.99. The average molecular weight is 391 g/mol. The molecule has 4 rings (SSSR count). The number of aromatic nitrogens is 3. The van der Waals surface area contributed by atoms with Gasteiger partial charge in [-0.2, -0.15) is 0 Å². The molecule has 0 spiro atoms.